The molecule has 0 spiro atoms. The third-order valence-electron chi connectivity index (χ3n) is 6.23. The van der Waals surface area contributed by atoms with Crippen LogP contribution in [0.3, 0.4) is 0 Å². The van der Waals surface area contributed by atoms with Gasteiger partial charge in [0.05, 0.1) is 18.0 Å². The number of fused-ring (bicyclic) bond motifs is 1. The molecule has 1 aliphatic rings. The quantitative estimate of drug-likeness (QED) is 0.273. The molecule has 0 bridgehead atoms. The van der Waals surface area contributed by atoms with E-state index in [1.165, 1.54) is 0 Å². The highest BCUT2D eigenvalue weighted by molar-refractivity contribution is 5.94. The number of carboxylic acids is 1. The van der Waals surface area contributed by atoms with Crippen LogP contribution < -0.4 is 15.7 Å². The molecular weight excluding hydrogens is 547 g/mol. The van der Waals surface area contributed by atoms with Crippen molar-refractivity contribution >= 4 is 22.8 Å². The molecule has 2 aromatic carbocycles. The maximum Gasteiger partial charge on any atom is 0.490 e. The average Bonchev–Trinajstić information content (AvgIpc) is 3.38. The van der Waals surface area contributed by atoms with Crippen molar-refractivity contribution in [3.8, 4) is 5.75 Å². The van der Waals surface area contributed by atoms with Crippen LogP contribution in [-0.4, -0.2) is 62.6 Å². The number of para-hydroxylation sites is 1. The minimum absolute atomic E-state index is 0.195. The number of ether oxygens (including phenoxy) is 2. The van der Waals surface area contributed by atoms with E-state index < -0.39 is 12.1 Å². The summed E-state index contributed by atoms with van der Waals surface area (Å²) in [6, 6.07) is 16.9. The second-order valence-corrected chi connectivity index (χ2v) is 9.17. The van der Waals surface area contributed by atoms with Crippen molar-refractivity contribution in [1.29, 1.82) is 0 Å². The van der Waals surface area contributed by atoms with E-state index in [4.69, 9.17) is 19.4 Å². The van der Waals surface area contributed by atoms with Crippen molar-refractivity contribution in [2.45, 2.75) is 38.1 Å². The molecule has 2 unspecified atom stereocenters. The number of rotatable bonds is 6. The lowest BCUT2D eigenvalue weighted by Crippen LogP contribution is -2.44. The van der Waals surface area contributed by atoms with E-state index in [1.54, 1.807) is 24.3 Å². The van der Waals surface area contributed by atoms with Crippen molar-refractivity contribution in [1.82, 2.24) is 25.5 Å². The number of halogens is 3. The number of H-pyrrole nitrogens is 2. The molecule has 0 aliphatic carbocycles. The van der Waals surface area contributed by atoms with Gasteiger partial charge in [-0.05, 0) is 49.7 Å². The maximum atomic E-state index is 12.9. The number of carbonyl (C=O) groups excluding carboxylic acids is 1. The summed E-state index contributed by atoms with van der Waals surface area (Å²) in [5, 5.41) is 17.6. The summed E-state index contributed by atoms with van der Waals surface area (Å²) in [4.78, 5) is 40.4. The van der Waals surface area contributed by atoms with Crippen LogP contribution in [0.25, 0.3) is 10.9 Å². The summed E-state index contributed by atoms with van der Waals surface area (Å²) in [5.41, 5.74) is 3.09. The lowest BCUT2D eigenvalue weighted by molar-refractivity contribution is -0.192. The van der Waals surface area contributed by atoms with Crippen LogP contribution in [0.1, 0.15) is 39.8 Å². The summed E-state index contributed by atoms with van der Waals surface area (Å²) in [6.45, 7) is 3.28. The van der Waals surface area contributed by atoms with Crippen LogP contribution in [0.5, 0.6) is 5.75 Å². The van der Waals surface area contributed by atoms with Crippen LogP contribution >= 0.6 is 0 Å². The molecule has 1 amide bonds. The first-order valence-electron chi connectivity index (χ1n) is 12.4. The Morgan fingerprint density at radius 2 is 1.88 bits per heavy atom. The third-order valence-corrected chi connectivity index (χ3v) is 6.23. The van der Waals surface area contributed by atoms with Crippen LogP contribution in [0.4, 0.5) is 13.2 Å². The first kappa shape index (κ1) is 29.3. The fourth-order valence-electron chi connectivity index (χ4n) is 4.27. The topological polar surface area (TPSA) is 159 Å². The van der Waals surface area contributed by atoms with Gasteiger partial charge in [-0.25, -0.2) is 14.7 Å². The molecule has 1 saturated heterocycles. The van der Waals surface area contributed by atoms with Crippen molar-refractivity contribution < 1.29 is 37.3 Å². The van der Waals surface area contributed by atoms with Gasteiger partial charge in [0.15, 0.2) is 0 Å². The number of hydrogen-bond donors (Lipinski definition) is 4. The Kier molecular flexibility index (Phi) is 9.02. The highest BCUT2D eigenvalue weighted by Gasteiger charge is 2.38. The standard InChI is InChI=1S/C25H25N5O4.C2HF3O2/c1-15-12-17(19-4-2-3-5-21(19)26-15)13-34-18-8-6-16(7-9-18)24(31)27-22-10-11-33-14-20(22)23-28-25(32)30-29-23;3-2(4,5)1(6)7/h2-9,12,20,22H,10-11,13-14H2,1H3,(H,27,31)(H2,28,29,30,32);(H,6,7). The lowest BCUT2D eigenvalue weighted by atomic mass is 9.94. The van der Waals surface area contributed by atoms with Crippen LogP contribution in [0.15, 0.2) is 59.4 Å². The van der Waals surface area contributed by atoms with E-state index >= 15 is 0 Å². The summed E-state index contributed by atoms with van der Waals surface area (Å²) < 4.78 is 43.3. The van der Waals surface area contributed by atoms with Crippen molar-refractivity contribution in [3.05, 3.63) is 87.7 Å². The van der Waals surface area contributed by atoms with Crippen LogP contribution in [0.2, 0.25) is 0 Å². The zero-order chi connectivity index (χ0) is 29.6. The number of pyridine rings is 1. The first-order chi connectivity index (χ1) is 19.5. The number of nitrogens with zero attached hydrogens (tertiary/aromatic N) is 2. The van der Waals surface area contributed by atoms with Gasteiger partial charge < -0.3 is 19.9 Å². The molecule has 1 aliphatic heterocycles. The number of alkyl halides is 3. The van der Waals surface area contributed by atoms with Gasteiger partial charge in [-0.2, -0.15) is 18.3 Å². The van der Waals surface area contributed by atoms with E-state index in [1.807, 2.05) is 37.3 Å². The molecule has 11 nitrogen and oxygen atoms in total. The lowest BCUT2D eigenvalue weighted by Gasteiger charge is -2.30. The van der Waals surface area contributed by atoms with Gasteiger partial charge in [-0.1, -0.05) is 18.2 Å². The van der Waals surface area contributed by atoms with Gasteiger partial charge in [-0.15, -0.1) is 0 Å². The van der Waals surface area contributed by atoms with Gasteiger partial charge >= 0.3 is 17.8 Å². The SMILES string of the molecule is Cc1cc(COc2ccc(C(=O)NC3CCOCC3c3n[nH]c(=O)[nH]3)cc2)c2ccccc2n1.O=C(O)C(F)(F)F. The second kappa shape index (κ2) is 12.6. The zero-order valence-corrected chi connectivity index (χ0v) is 21.7. The molecule has 14 heteroatoms. The summed E-state index contributed by atoms with van der Waals surface area (Å²) in [6.07, 6.45) is -4.45. The number of hydrogen-bond acceptors (Lipinski definition) is 7. The monoisotopic (exact) mass is 573 g/mol. The Morgan fingerprint density at radius 1 is 1.17 bits per heavy atom. The van der Waals surface area contributed by atoms with E-state index in [2.05, 4.69) is 25.5 Å². The van der Waals surface area contributed by atoms with E-state index in [0.717, 1.165) is 22.2 Å². The van der Waals surface area contributed by atoms with Crippen molar-refractivity contribution in [2.24, 2.45) is 0 Å². The molecule has 0 radical (unpaired) electrons. The number of aromatic nitrogens is 4. The Bertz CT molecular complexity index is 1570. The van der Waals surface area contributed by atoms with Crippen molar-refractivity contribution in [3.63, 3.8) is 0 Å². The molecule has 1 fully saturated rings. The number of nitrogens with one attached hydrogen (secondary N) is 3. The first-order valence-corrected chi connectivity index (χ1v) is 12.4. The fourth-order valence-corrected chi connectivity index (χ4v) is 4.27. The Hall–Kier alpha value is -4.72. The second-order valence-electron chi connectivity index (χ2n) is 9.17. The Labute approximate surface area is 230 Å². The number of carbonyl (C=O) groups is 2. The fraction of sp³-hybridized carbons (Fsp3) is 0.296. The average molecular weight is 574 g/mol. The molecule has 216 valence electrons. The molecule has 4 aromatic rings. The number of carboxylic acid groups (broad SMARTS) is 1. The minimum atomic E-state index is -5.08. The van der Waals surface area contributed by atoms with Crippen LogP contribution in [-0.2, 0) is 16.1 Å². The van der Waals surface area contributed by atoms with Crippen molar-refractivity contribution in [2.75, 3.05) is 13.2 Å². The van der Waals surface area contributed by atoms with E-state index in [9.17, 15) is 22.8 Å². The normalized spacial score (nSPS) is 16.9. The summed E-state index contributed by atoms with van der Waals surface area (Å²) in [5.74, 6) is -2.02. The predicted octanol–water partition coefficient (Wildman–Crippen LogP) is 3.47. The number of amides is 1. The van der Waals surface area contributed by atoms with Gasteiger partial charge in [0.25, 0.3) is 5.91 Å². The molecule has 4 N–H and O–H groups in total. The van der Waals surface area contributed by atoms with Crippen LogP contribution in [0, 0.1) is 6.92 Å². The summed E-state index contributed by atoms with van der Waals surface area (Å²) in [7, 11) is 0. The minimum Gasteiger partial charge on any atom is -0.489 e. The predicted molar refractivity (Wildman–Crippen MR) is 140 cm³/mol. The van der Waals surface area contributed by atoms with E-state index in [-0.39, 0.29) is 23.6 Å². The molecule has 2 aromatic heterocycles. The molecule has 2 atom stereocenters. The molecule has 41 heavy (non-hydrogen) atoms. The Balaban J connectivity index is 0.000000493. The molecule has 0 saturated carbocycles. The smallest absolute Gasteiger partial charge is 0.489 e. The van der Waals surface area contributed by atoms with Gasteiger partial charge in [0, 0.05) is 34.9 Å². The third kappa shape index (κ3) is 7.69. The van der Waals surface area contributed by atoms with E-state index in [0.29, 0.717) is 43.4 Å². The number of aryl methyl sites for hydroxylation is 1. The molecular formula is C27H26F3N5O6. The molecule has 5 rings (SSSR count). The Morgan fingerprint density at radius 3 is 2.54 bits per heavy atom. The van der Waals surface area contributed by atoms with Gasteiger partial charge in [0.1, 0.15) is 18.2 Å². The summed E-state index contributed by atoms with van der Waals surface area (Å²) >= 11 is 0. The maximum absolute atomic E-state index is 12.9. The number of benzene rings is 2. The largest absolute Gasteiger partial charge is 0.490 e. The van der Waals surface area contributed by atoms with Gasteiger partial charge in [0.2, 0.25) is 0 Å². The molecule has 3 heterocycles. The number of aromatic amines is 2. The zero-order valence-electron chi connectivity index (χ0n) is 21.7. The highest BCUT2D eigenvalue weighted by atomic mass is 19.4. The highest BCUT2D eigenvalue weighted by Crippen LogP contribution is 2.24. The number of aliphatic carboxylic acids is 1. The van der Waals surface area contributed by atoms with Gasteiger partial charge in [-0.3, -0.25) is 14.8 Å².